The van der Waals surface area contributed by atoms with E-state index < -0.39 is 5.82 Å². The number of aryl methyl sites for hydroxylation is 1. The summed E-state index contributed by atoms with van der Waals surface area (Å²) in [5, 5.41) is 1.74. The fraction of sp³-hybridized carbons (Fsp3) is 0.273. The number of imide groups is 1. The molecule has 3 rings (SSSR count). The number of nitrogens with one attached hydrogen (secondary N) is 1. The zero-order valence-electron chi connectivity index (χ0n) is 17.2. The Kier molecular flexibility index (Phi) is 11.1. The second-order valence-corrected chi connectivity index (χ2v) is 6.65. The number of rotatable bonds is 6. The van der Waals surface area contributed by atoms with E-state index in [2.05, 4.69) is 10.7 Å². The number of nitrogens with two attached hydrogens (primary N) is 1. The highest BCUT2D eigenvalue weighted by Crippen LogP contribution is 2.26. The Balaban J connectivity index is 0.00000106. The van der Waals surface area contributed by atoms with Crippen LogP contribution in [0.25, 0.3) is 10.9 Å². The van der Waals surface area contributed by atoms with Gasteiger partial charge < -0.3 is 10.7 Å². The van der Waals surface area contributed by atoms with Crippen molar-refractivity contribution < 1.29 is 14.0 Å². The minimum Gasteiger partial charge on any atom is -0.360 e. The van der Waals surface area contributed by atoms with Gasteiger partial charge in [0, 0.05) is 23.0 Å². The van der Waals surface area contributed by atoms with Crippen molar-refractivity contribution in [2.24, 2.45) is 5.73 Å². The highest BCUT2D eigenvalue weighted by Gasteiger charge is 2.16. The number of amides is 2. The summed E-state index contributed by atoms with van der Waals surface area (Å²) < 4.78 is 13.1. The van der Waals surface area contributed by atoms with E-state index in [1.54, 1.807) is 6.07 Å². The Labute approximate surface area is 186 Å². The highest BCUT2D eigenvalue weighted by atomic mass is 35.5. The lowest BCUT2D eigenvalue weighted by atomic mass is 10.1. The number of fused-ring (bicyclic) bond motifs is 1. The van der Waals surface area contributed by atoms with Crippen LogP contribution in [-0.4, -0.2) is 29.2 Å². The number of nitrogens with zero attached hydrogens (tertiary/aromatic N) is 1. The molecule has 5 nitrogen and oxygen atoms in total. The molecular formula is C22H26Cl2FN3O2. The van der Waals surface area contributed by atoms with Crippen molar-refractivity contribution in [3.8, 4) is 0 Å². The molecule has 162 valence electrons. The van der Waals surface area contributed by atoms with Crippen LogP contribution < -0.4 is 5.73 Å². The number of halogens is 3. The van der Waals surface area contributed by atoms with E-state index in [4.69, 9.17) is 23.2 Å². The van der Waals surface area contributed by atoms with Crippen molar-refractivity contribution in [2.75, 3.05) is 7.05 Å². The van der Waals surface area contributed by atoms with Crippen LogP contribution in [0.2, 0.25) is 10.0 Å². The standard InChI is InChI=1S/C19H15Cl2FN2O2.C2H6.CH5N/c20-16-3-1-2-15-12(9-23-19(15)16)5-7-18(26)24(11-25)10-13-4-6-14(22)8-17(13)21;2*1-2/h1-4,6,8-9,11,23H,5,7,10H2;1-2H3;2H2,1H3. The van der Waals surface area contributed by atoms with Gasteiger partial charge in [-0.25, -0.2) is 4.39 Å². The van der Waals surface area contributed by atoms with Gasteiger partial charge >= 0.3 is 0 Å². The molecule has 2 amide bonds. The van der Waals surface area contributed by atoms with E-state index in [-0.39, 0.29) is 23.9 Å². The summed E-state index contributed by atoms with van der Waals surface area (Å²) in [4.78, 5) is 27.8. The number of H-pyrrole nitrogens is 1. The molecule has 3 N–H and O–H groups in total. The maximum absolute atomic E-state index is 13.1. The van der Waals surface area contributed by atoms with E-state index in [1.165, 1.54) is 19.2 Å². The van der Waals surface area contributed by atoms with E-state index in [1.807, 2.05) is 32.2 Å². The molecule has 3 aromatic rings. The third kappa shape index (κ3) is 6.55. The van der Waals surface area contributed by atoms with Crippen molar-refractivity contribution in [2.45, 2.75) is 33.2 Å². The van der Waals surface area contributed by atoms with Crippen molar-refractivity contribution in [1.82, 2.24) is 9.88 Å². The van der Waals surface area contributed by atoms with Gasteiger partial charge in [-0.1, -0.05) is 55.2 Å². The third-order valence-electron chi connectivity index (χ3n) is 4.16. The van der Waals surface area contributed by atoms with E-state index in [9.17, 15) is 14.0 Å². The summed E-state index contributed by atoms with van der Waals surface area (Å²) in [7, 11) is 1.50. The van der Waals surface area contributed by atoms with Gasteiger partial charge in [-0.05, 0) is 42.8 Å². The van der Waals surface area contributed by atoms with Gasteiger partial charge in [0.15, 0.2) is 0 Å². The van der Waals surface area contributed by atoms with Crippen LogP contribution in [0.4, 0.5) is 4.39 Å². The molecule has 0 radical (unpaired) electrons. The van der Waals surface area contributed by atoms with Crippen molar-refractivity contribution in [3.05, 3.63) is 69.6 Å². The summed E-state index contributed by atoms with van der Waals surface area (Å²) in [6.45, 7) is 4.00. The summed E-state index contributed by atoms with van der Waals surface area (Å²) >= 11 is 12.1. The lowest BCUT2D eigenvalue weighted by Gasteiger charge is -2.16. The molecule has 0 aliphatic rings. The van der Waals surface area contributed by atoms with E-state index >= 15 is 0 Å². The number of hydrogen-bond acceptors (Lipinski definition) is 3. The van der Waals surface area contributed by atoms with Gasteiger partial charge in [-0.3, -0.25) is 14.5 Å². The number of aromatic amines is 1. The van der Waals surface area contributed by atoms with Crippen molar-refractivity contribution in [1.29, 1.82) is 0 Å². The number of para-hydroxylation sites is 1. The van der Waals surface area contributed by atoms with Crippen molar-refractivity contribution in [3.63, 3.8) is 0 Å². The summed E-state index contributed by atoms with van der Waals surface area (Å²) in [6.07, 6.45) is 2.89. The van der Waals surface area contributed by atoms with Crippen LogP contribution in [0, 0.1) is 5.82 Å². The van der Waals surface area contributed by atoms with Crippen LogP contribution in [0.3, 0.4) is 0 Å². The molecule has 0 aliphatic heterocycles. The van der Waals surface area contributed by atoms with Crippen molar-refractivity contribution >= 4 is 46.4 Å². The van der Waals surface area contributed by atoms with Gasteiger partial charge in [0.05, 0.1) is 17.1 Å². The predicted octanol–water partition coefficient (Wildman–Crippen LogP) is 5.33. The number of carbonyl (C=O) groups is 2. The SMILES string of the molecule is CC.CN.O=CN(Cc1ccc(F)cc1Cl)C(=O)CCc1c[nH]c2c(Cl)cccc12. The Bertz CT molecular complexity index is 976. The minimum absolute atomic E-state index is 0.00115. The van der Waals surface area contributed by atoms with E-state index in [0.29, 0.717) is 23.4 Å². The Morgan fingerprint density at radius 3 is 2.47 bits per heavy atom. The molecule has 0 spiro atoms. The van der Waals surface area contributed by atoms with Gasteiger partial charge in [-0.2, -0.15) is 0 Å². The zero-order valence-corrected chi connectivity index (χ0v) is 18.7. The molecule has 0 fully saturated rings. The Morgan fingerprint density at radius 2 is 1.83 bits per heavy atom. The molecule has 0 saturated carbocycles. The molecule has 0 atom stereocenters. The molecule has 0 aliphatic carbocycles. The predicted molar refractivity (Wildman–Crippen MR) is 121 cm³/mol. The number of aromatic nitrogens is 1. The fourth-order valence-electron chi connectivity index (χ4n) is 2.79. The topological polar surface area (TPSA) is 79.2 Å². The monoisotopic (exact) mass is 453 g/mol. The van der Waals surface area contributed by atoms with E-state index in [0.717, 1.165) is 27.4 Å². The molecule has 1 heterocycles. The highest BCUT2D eigenvalue weighted by molar-refractivity contribution is 6.35. The van der Waals surface area contributed by atoms with Gasteiger partial charge in [-0.15, -0.1) is 0 Å². The Hall–Kier alpha value is -2.41. The lowest BCUT2D eigenvalue weighted by molar-refractivity contribution is -0.138. The molecule has 2 aromatic carbocycles. The van der Waals surface area contributed by atoms with Crippen LogP contribution in [-0.2, 0) is 22.6 Å². The van der Waals surface area contributed by atoms with Crippen LogP contribution in [0.5, 0.6) is 0 Å². The first kappa shape index (κ1) is 25.6. The number of carbonyl (C=O) groups excluding carboxylic acids is 2. The third-order valence-corrected chi connectivity index (χ3v) is 4.83. The molecule has 1 aromatic heterocycles. The maximum atomic E-state index is 13.1. The second-order valence-electron chi connectivity index (χ2n) is 5.84. The zero-order chi connectivity index (χ0) is 22.7. The summed E-state index contributed by atoms with van der Waals surface area (Å²) in [5.41, 5.74) is 6.77. The number of hydrogen-bond donors (Lipinski definition) is 2. The maximum Gasteiger partial charge on any atom is 0.229 e. The molecular weight excluding hydrogens is 428 g/mol. The normalized spacial score (nSPS) is 9.83. The molecule has 0 saturated heterocycles. The molecule has 0 bridgehead atoms. The summed E-state index contributed by atoms with van der Waals surface area (Å²) in [6, 6.07) is 9.41. The number of benzene rings is 2. The lowest BCUT2D eigenvalue weighted by Crippen LogP contribution is -2.29. The quantitative estimate of drug-likeness (QED) is 0.494. The van der Waals surface area contributed by atoms with Crippen LogP contribution in [0.15, 0.2) is 42.6 Å². The average molecular weight is 454 g/mol. The second kappa shape index (κ2) is 13.0. The molecule has 0 unspecified atom stereocenters. The largest absolute Gasteiger partial charge is 0.360 e. The smallest absolute Gasteiger partial charge is 0.229 e. The first-order chi connectivity index (χ1) is 14.5. The van der Waals surface area contributed by atoms with Crippen LogP contribution >= 0.6 is 23.2 Å². The average Bonchev–Trinajstić information content (AvgIpc) is 3.19. The van der Waals surface area contributed by atoms with Gasteiger partial charge in [0.2, 0.25) is 12.3 Å². The first-order valence-electron chi connectivity index (χ1n) is 9.50. The summed E-state index contributed by atoms with van der Waals surface area (Å²) in [5.74, 6) is -0.808. The van der Waals surface area contributed by atoms with Crippen LogP contribution in [0.1, 0.15) is 31.4 Å². The van der Waals surface area contributed by atoms with Gasteiger partial charge in [0.1, 0.15) is 5.82 Å². The molecule has 30 heavy (non-hydrogen) atoms. The minimum atomic E-state index is -0.472. The van der Waals surface area contributed by atoms with Gasteiger partial charge in [0.25, 0.3) is 0 Å². The molecule has 8 heteroatoms. The first-order valence-corrected chi connectivity index (χ1v) is 10.3. The fourth-order valence-corrected chi connectivity index (χ4v) is 3.24. The Morgan fingerprint density at radius 1 is 1.13 bits per heavy atom.